The van der Waals surface area contributed by atoms with Crippen LogP contribution in [0, 0.1) is 0 Å². The molecule has 1 aromatic heterocycles. The van der Waals surface area contributed by atoms with Crippen molar-refractivity contribution >= 4 is 29.1 Å². The first-order valence-corrected chi connectivity index (χ1v) is 4.99. The van der Waals surface area contributed by atoms with Crippen molar-refractivity contribution in [2.75, 3.05) is 0 Å². The molecule has 0 bridgehead atoms. The lowest BCUT2D eigenvalue weighted by atomic mass is 10.2. The molecule has 0 saturated heterocycles. The quantitative estimate of drug-likeness (QED) is 0.727. The Morgan fingerprint density at radius 2 is 2.55 bits per heavy atom. The predicted octanol–water partition coefficient (Wildman–Crippen LogP) is 1.85. The Morgan fingerprint density at radius 1 is 1.73 bits per heavy atom. The summed E-state index contributed by atoms with van der Waals surface area (Å²) >= 11 is 3.10. The van der Waals surface area contributed by atoms with Gasteiger partial charge in [0.2, 0.25) is 0 Å². The van der Waals surface area contributed by atoms with Crippen LogP contribution in [0.2, 0.25) is 0 Å². The number of thioether (sulfide) groups is 1. The Bertz CT molecular complexity index is 272. The molecule has 2 heterocycles. The zero-order valence-electron chi connectivity index (χ0n) is 5.61. The molecule has 0 radical (unpaired) electrons. The third-order valence-electron chi connectivity index (χ3n) is 1.64. The van der Waals surface area contributed by atoms with E-state index in [9.17, 15) is 4.79 Å². The van der Waals surface area contributed by atoms with Crippen LogP contribution < -0.4 is 0 Å². The highest BCUT2D eigenvalue weighted by Gasteiger charge is 2.28. The van der Waals surface area contributed by atoms with Crippen LogP contribution in [0.15, 0.2) is 15.7 Å². The first-order chi connectivity index (χ1) is 5.27. The largest absolute Gasteiger partial charge is 0.480 e. The summed E-state index contributed by atoms with van der Waals surface area (Å²) < 4.78 is 1.18. The maximum atomic E-state index is 10.6. The average Bonchev–Trinajstić information content (AvgIpc) is 2.40. The number of hydrogen-bond acceptors (Lipinski definition) is 3. The molecule has 2 nitrogen and oxygen atoms in total. The Morgan fingerprint density at radius 3 is 3.18 bits per heavy atom. The van der Waals surface area contributed by atoms with Gasteiger partial charge in [-0.2, -0.15) is 0 Å². The molecular weight excluding hydrogens is 180 g/mol. The third kappa shape index (κ3) is 1.16. The third-order valence-corrected chi connectivity index (χ3v) is 4.09. The lowest BCUT2D eigenvalue weighted by Crippen LogP contribution is -2.14. The van der Waals surface area contributed by atoms with Crippen molar-refractivity contribution in [2.24, 2.45) is 0 Å². The number of carbonyl (C=O) groups is 1. The van der Waals surface area contributed by atoms with Crippen LogP contribution in [0.4, 0.5) is 0 Å². The van der Waals surface area contributed by atoms with Gasteiger partial charge in [0.15, 0.2) is 0 Å². The first-order valence-electron chi connectivity index (χ1n) is 3.23. The fourth-order valence-corrected chi connectivity index (χ4v) is 3.41. The molecule has 0 saturated carbocycles. The van der Waals surface area contributed by atoms with E-state index in [2.05, 4.69) is 0 Å². The van der Waals surface area contributed by atoms with Gasteiger partial charge >= 0.3 is 5.97 Å². The molecule has 1 unspecified atom stereocenters. The van der Waals surface area contributed by atoms with E-state index in [0.29, 0.717) is 6.42 Å². The highest BCUT2D eigenvalue weighted by Crippen LogP contribution is 2.40. The van der Waals surface area contributed by atoms with Crippen molar-refractivity contribution < 1.29 is 9.90 Å². The van der Waals surface area contributed by atoms with Gasteiger partial charge in [0.05, 0.1) is 4.21 Å². The molecule has 1 aromatic rings. The van der Waals surface area contributed by atoms with Crippen molar-refractivity contribution in [3.8, 4) is 0 Å². The monoisotopic (exact) mass is 186 g/mol. The van der Waals surface area contributed by atoms with Crippen LogP contribution in [0.3, 0.4) is 0 Å². The van der Waals surface area contributed by atoms with E-state index in [4.69, 9.17) is 5.11 Å². The molecule has 0 fully saturated rings. The molecule has 11 heavy (non-hydrogen) atoms. The fourth-order valence-electron chi connectivity index (χ4n) is 1.08. The number of aliphatic carboxylic acids is 1. The van der Waals surface area contributed by atoms with Gasteiger partial charge in [0.1, 0.15) is 5.25 Å². The van der Waals surface area contributed by atoms with Gasteiger partial charge in [-0.05, 0) is 23.4 Å². The number of thiophene rings is 1. The van der Waals surface area contributed by atoms with E-state index in [1.807, 2.05) is 11.4 Å². The summed E-state index contributed by atoms with van der Waals surface area (Å²) in [7, 11) is 0. The lowest BCUT2D eigenvalue weighted by Gasteiger charge is -1.98. The van der Waals surface area contributed by atoms with Gasteiger partial charge in [-0.1, -0.05) is 11.8 Å². The molecule has 4 heteroatoms. The van der Waals surface area contributed by atoms with Crippen LogP contribution in [-0.4, -0.2) is 16.3 Å². The molecule has 1 aliphatic heterocycles. The Labute approximate surface area is 72.2 Å². The Kier molecular flexibility index (Phi) is 1.65. The Hall–Kier alpha value is -0.480. The van der Waals surface area contributed by atoms with Gasteiger partial charge in [-0.25, -0.2) is 0 Å². The molecule has 1 aliphatic rings. The summed E-state index contributed by atoms with van der Waals surface area (Å²) in [4.78, 5) is 10.6. The van der Waals surface area contributed by atoms with Crippen LogP contribution in [-0.2, 0) is 11.2 Å². The van der Waals surface area contributed by atoms with Crippen molar-refractivity contribution in [3.05, 3.63) is 17.0 Å². The summed E-state index contributed by atoms with van der Waals surface area (Å²) in [5, 5.41) is 10.5. The molecule has 1 N–H and O–H groups in total. The van der Waals surface area contributed by atoms with E-state index in [-0.39, 0.29) is 5.25 Å². The van der Waals surface area contributed by atoms with E-state index in [1.54, 1.807) is 11.3 Å². The van der Waals surface area contributed by atoms with Gasteiger partial charge in [-0.3, -0.25) is 4.79 Å². The molecule has 58 valence electrons. The summed E-state index contributed by atoms with van der Waals surface area (Å²) in [6, 6.07) is 2.01. The summed E-state index contributed by atoms with van der Waals surface area (Å²) in [5.41, 5.74) is 1.20. The topological polar surface area (TPSA) is 37.3 Å². The summed E-state index contributed by atoms with van der Waals surface area (Å²) in [6.07, 6.45) is 0.693. The normalized spacial score (nSPS) is 21.6. The van der Waals surface area contributed by atoms with E-state index in [0.717, 1.165) is 0 Å². The maximum absolute atomic E-state index is 10.6. The second kappa shape index (κ2) is 2.53. The van der Waals surface area contributed by atoms with Crippen molar-refractivity contribution in [3.63, 3.8) is 0 Å². The average molecular weight is 186 g/mol. The lowest BCUT2D eigenvalue weighted by molar-refractivity contribution is -0.136. The van der Waals surface area contributed by atoms with E-state index >= 15 is 0 Å². The predicted molar refractivity (Wildman–Crippen MR) is 45.3 cm³/mol. The molecule has 0 aromatic carbocycles. The minimum absolute atomic E-state index is 0.238. The van der Waals surface area contributed by atoms with Crippen LogP contribution in [0.25, 0.3) is 0 Å². The van der Waals surface area contributed by atoms with Gasteiger partial charge in [0, 0.05) is 0 Å². The number of rotatable bonds is 1. The molecule has 0 spiro atoms. The van der Waals surface area contributed by atoms with Crippen LogP contribution in [0.1, 0.15) is 5.56 Å². The summed E-state index contributed by atoms with van der Waals surface area (Å²) in [6.45, 7) is 0. The van der Waals surface area contributed by atoms with Crippen molar-refractivity contribution in [1.82, 2.24) is 0 Å². The second-order valence-corrected chi connectivity index (χ2v) is 4.77. The van der Waals surface area contributed by atoms with Crippen molar-refractivity contribution in [1.29, 1.82) is 0 Å². The Balaban J connectivity index is 2.22. The smallest absolute Gasteiger partial charge is 0.317 e. The van der Waals surface area contributed by atoms with Gasteiger partial charge in [0.25, 0.3) is 0 Å². The SMILES string of the molecule is O=C(O)C1Cc2ccsc2S1. The maximum Gasteiger partial charge on any atom is 0.317 e. The van der Waals surface area contributed by atoms with Crippen LogP contribution >= 0.6 is 23.1 Å². The molecular formula is C7H6O2S2. The molecule has 2 rings (SSSR count). The van der Waals surface area contributed by atoms with Gasteiger partial charge in [-0.15, -0.1) is 11.3 Å². The highest BCUT2D eigenvalue weighted by atomic mass is 32.2. The first kappa shape index (κ1) is 7.18. The number of carboxylic acid groups (broad SMARTS) is 1. The van der Waals surface area contributed by atoms with E-state index < -0.39 is 5.97 Å². The number of hydrogen-bond donors (Lipinski definition) is 1. The minimum Gasteiger partial charge on any atom is -0.480 e. The second-order valence-electron chi connectivity index (χ2n) is 2.38. The van der Waals surface area contributed by atoms with Crippen molar-refractivity contribution in [2.45, 2.75) is 15.9 Å². The molecule has 0 aliphatic carbocycles. The zero-order chi connectivity index (χ0) is 7.84. The van der Waals surface area contributed by atoms with Crippen LogP contribution in [0.5, 0.6) is 0 Å². The number of carboxylic acids is 1. The highest BCUT2D eigenvalue weighted by molar-refractivity contribution is 8.02. The summed E-state index contributed by atoms with van der Waals surface area (Å²) in [5.74, 6) is -0.696. The van der Waals surface area contributed by atoms with Gasteiger partial charge < -0.3 is 5.11 Å². The number of fused-ring (bicyclic) bond motifs is 1. The van der Waals surface area contributed by atoms with E-state index in [1.165, 1.54) is 21.5 Å². The molecule has 1 atom stereocenters. The molecule has 0 amide bonds. The zero-order valence-corrected chi connectivity index (χ0v) is 7.24. The standard InChI is InChI=1S/C7H6O2S2/c8-6(9)5-3-4-1-2-10-7(4)11-5/h1-2,5H,3H2,(H,8,9). The minimum atomic E-state index is -0.696. The fraction of sp³-hybridized carbons (Fsp3) is 0.286.